The fraction of sp³-hybridized carbons (Fsp3) is 0.381. The van der Waals surface area contributed by atoms with Crippen molar-refractivity contribution in [2.75, 3.05) is 24.3 Å². The fourth-order valence-electron chi connectivity index (χ4n) is 2.14. The van der Waals surface area contributed by atoms with Crippen LogP contribution in [0.1, 0.15) is 55.3 Å². The molecule has 10 nitrogen and oxygen atoms in total. The molecule has 0 radical (unpaired) electrons. The number of aromatic nitrogens is 2. The lowest BCUT2D eigenvalue weighted by atomic mass is 10.2. The number of esters is 2. The van der Waals surface area contributed by atoms with Gasteiger partial charge in [-0.25, -0.2) is 24.4 Å². The second-order valence-corrected chi connectivity index (χ2v) is 7.99. The van der Waals surface area contributed by atoms with Gasteiger partial charge in [-0.05, 0) is 40.7 Å². The highest BCUT2D eigenvalue weighted by atomic mass is 35.5. The van der Waals surface area contributed by atoms with Gasteiger partial charge in [-0.2, -0.15) is 0 Å². The smallest absolute Gasteiger partial charge is 0.412 e. The average Bonchev–Trinajstić information content (AvgIpc) is 2.67. The minimum absolute atomic E-state index is 0.113. The van der Waals surface area contributed by atoms with Crippen LogP contribution in [0.3, 0.4) is 0 Å². The Hall–Kier alpha value is -3.11. The molecule has 0 bridgehead atoms. The summed E-state index contributed by atoms with van der Waals surface area (Å²) in [7, 11) is 0. The van der Waals surface area contributed by atoms with Crippen LogP contribution in [-0.4, -0.2) is 46.8 Å². The molecule has 0 spiro atoms. The van der Waals surface area contributed by atoms with E-state index in [0.717, 1.165) is 0 Å². The number of rotatable bonds is 5. The Morgan fingerprint density at radius 2 is 1.42 bits per heavy atom. The van der Waals surface area contributed by atoms with Crippen LogP contribution in [0.5, 0.6) is 0 Å². The molecule has 2 rings (SSSR count). The molecule has 0 unspecified atom stereocenters. The van der Waals surface area contributed by atoms with Crippen molar-refractivity contribution in [2.24, 2.45) is 0 Å². The summed E-state index contributed by atoms with van der Waals surface area (Å²) in [4.78, 5) is 42.2. The van der Waals surface area contributed by atoms with Gasteiger partial charge in [0.25, 0.3) is 0 Å². The summed E-state index contributed by atoms with van der Waals surface area (Å²) in [6.45, 7) is 9.13. The van der Waals surface area contributed by atoms with Gasteiger partial charge < -0.3 is 19.9 Å². The van der Waals surface area contributed by atoms with Gasteiger partial charge in [0.15, 0.2) is 0 Å². The highest BCUT2D eigenvalue weighted by Crippen LogP contribution is 2.21. The Morgan fingerprint density at radius 3 is 1.91 bits per heavy atom. The van der Waals surface area contributed by atoms with Crippen LogP contribution in [0.2, 0.25) is 10.3 Å². The van der Waals surface area contributed by atoms with Gasteiger partial charge >= 0.3 is 18.0 Å². The number of hydrogen-bond donors (Lipinski definition) is 2. The lowest BCUT2D eigenvalue weighted by Gasteiger charge is -2.20. The predicted molar refractivity (Wildman–Crippen MR) is 125 cm³/mol. The normalized spacial score (nSPS) is 10.4. The molecule has 0 atom stereocenters. The van der Waals surface area contributed by atoms with E-state index < -0.39 is 23.6 Å². The number of carbonyl (C=O) groups is 3. The Bertz CT molecular complexity index is 995. The Balaban J connectivity index is 0.000000361. The van der Waals surface area contributed by atoms with Crippen LogP contribution in [0.15, 0.2) is 24.5 Å². The van der Waals surface area contributed by atoms with Crippen molar-refractivity contribution in [2.45, 2.75) is 40.2 Å². The Kier molecular flexibility index (Phi) is 10.8. The van der Waals surface area contributed by atoms with Crippen LogP contribution in [-0.2, 0) is 14.2 Å². The quantitative estimate of drug-likeness (QED) is 0.337. The summed E-state index contributed by atoms with van der Waals surface area (Å²) >= 11 is 11.3. The zero-order chi connectivity index (χ0) is 25.2. The second-order valence-electron chi connectivity index (χ2n) is 7.21. The maximum atomic E-state index is 11.7. The Labute approximate surface area is 201 Å². The van der Waals surface area contributed by atoms with Crippen LogP contribution in [0.25, 0.3) is 0 Å². The highest BCUT2D eigenvalue weighted by molar-refractivity contribution is 6.30. The van der Waals surface area contributed by atoms with E-state index >= 15 is 0 Å². The third-order valence-corrected chi connectivity index (χ3v) is 3.81. The van der Waals surface area contributed by atoms with Gasteiger partial charge in [0.1, 0.15) is 27.0 Å². The number of amides is 1. The summed E-state index contributed by atoms with van der Waals surface area (Å²) in [6.07, 6.45) is 1.85. The lowest BCUT2D eigenvalue weighted by Crippen LogP contribution is -2.28. The van der Waals surface area contributed by atoms with Gasteiger partial charge in [0, 0.05) is 18.5 Å². The first-order valence-corrected chi connectivity index (χ1v) is 10.5. The number of nitrogens with two attached hydrogens (primary N) is 1. The minimum atomic E-state index is -0.690. The molecule has 3 N–H and O–H groups in total. The molecule has 0 aliphatic heterocycles. The van der Waals surface area contributed by atoms with E-state index in [9.17, 15) is 14.4 Å². The highest BCUT2D eigenvalue weighted by Gasteiger charge is 2.20. The molecule has 180 valence electrons. The molecule has 2 aromatic rings. The summed E-state index contributed by atoms with van der Waals surface area (Å²) in [5.41, 5.74) is 5.70. The number of carbonyl (C=O) groups excluding carboxylic acids is 3. The SMILES string of the molecule is CCOC(=O)c1cnc(Cl)cc1N.CCOC(=O)c1cnc(Cl)cc1NC(=O)OC(C)(C)C. The van der Waals surface area contributed by atoms with Gasteiger partial charge in [0.05, 0.1) is 24.6 Å². The number of nitrogens with one attached hydrogen (secondary N) is 1. The van der Waals surface area contributed by atoms with Gasteiger partial charge in [-0.3, -0.25) is 5.32 Å². The monoisotopic (exact) mass is 500 g/mol. The molecular formula is C21H26Cl2N4O6. The van der Waals surface area contributed by atoms with Crippen molar-refractivity contribution in [3.05, 3.63) is 46.0 Å². The van der Waals surface area contributed by atoms with E-state index in [4.69, 9.17) is 43.1 Å². The predicted octanol–water partition coefficient (Wildman–Crippen LogP) is 4.75. The molecular weight excluding hydrogens is 475 g/mol. The summed E-state index contributed by atoms with van der Waals surface area (Å²) in [5, 5.41) is 2.86. The third-order valence-electron chi connectivity index (χ3n) is 3.40. The molecule has 0 fully saturated rings. The van der Waals surface area contributed by atoms with E-state index in [-0.39, 0.29) is 39.4 Å². The van der Waals surface area contributed by atoms with Crippen LogP contribution in [0, 0.1) is 0 Å². The molecule has 2 aromatic heterocycles. The summed E-state index contributed by atoms with van der Waals surface area (Å²) in [6, 6.07) is 2.77. The van der Waals surface area contributed by atoms with E-state index in [1.165, 1.54) is 24.5 Å². The number of ether oxygens (including phenoxy) is 3. The van der Waals surface area contributed by atoms with Crippen molar-refractivity contribution in [1.82, 2.24) is 9.97 Å². The number of anilines is 2. The molecule has 0 aromatic carbocycles. The number of nitrogens with zero attached hydrogens (tertiary/aromatic N) is 2. The van der Waals surface area contributed by atoms with Crippen molar-refractivity contribution in [3.63, 3.8) is 0 Å². The largest absolute Gasteiger partial charge is 0.462 e. The van der Waals surface area contributed by atoms with Crippen LogP contribution >= 0.6 is 23.2 Å². The molecule has 0 saturated carbocycles. The van der Waals surface area contributed by atoms with E-state index in [0.29, 0.717) is 6.61 Å². The molecule has 2 heterocycles. The van der Waals surface area contributed by atoms with Gasteiger partial charge in [0.2, 0.25) is 0 Å². The van der Waals surface area contributed by atoms with Crippen molar-refractivity contribution >= 4 is 52.6 Å². The van der Waals surface area contributed by atoms with Crippen molar-refractivity contribution in [1.29, 1.82) is 0 Å². The molecule has 0 aliphatic rings. The third kappa shape index (κ3) is 9.92. The lowest BCUT2D eigenvalue weighted by molar-refractivity contribution is 0.0516. The summed E-state index contributed by atoms with van der Waals surface area (Å²) in [5.74, 6) is -1.08. The zero-order valence-corrected chi connectivity index (χ0v) is 20.4. The topological polar surface area (TPSA) is 143 Å². The first kappa shape index (κ1) is 27.9. The number of nitrogen functional groups attached to an aromatic ring is 1. The standard InChI is InChI=1S/C13H17ClN2O4.C8H9ClN2O2/c1-5-19-11(17)8-7-15-10(14)6-9(8)16-12(18)20-13(2,3)4;1-2-13-8(12)5-4-11-7(9)3-6(5)10/h6-7H,5H2,1-4H3,(H,15,16,18);3-4H,2H2,1H3,(H2,10,11). The summed E-state index contributed by atoms with van der Waals surface area (Å²) < 4.78 is 14.7. The maximum absolute atomic E-state index is 11.7. The maximum Gasteiger partial charge on any atom is 0.412 e. The number of halogens is 2. The molecule has 33 heavy (non-hydrogen) atoms. The number of pyridine rings is 2. The first-order chi connectivity index (χ1) is 15.4. The van der Waals surface area contributed by atoms with Crippen molar-refractivity contribution < 1.29 is 28.6 Å². The first-order valence-electron chi connectivity index (χ1n) is 9.78. The minimum Gasteiger partial charge on any atom is -0.462 e. The fourth-order valence-corrected chi connectivity index (χ4v) is 2.47. The molecule has 0 aliphatic carbocycles. The van der Waals surface area contributed by atoms with E-state index in [2.05, 4.69) is 15.3 Å². The van der Waals surface area contributed by atoms with Crippen LogP contribution in [0.4, 0.5) is 16.2 Å². The zero-order valence-electron chi connectivity index (χ0n) is 18.9. The van der Waals surface area contributed by atoms with Gasteiger partial charge in [-0.15, -0.1) is 0 Å². The molecule has 1 amide bonds. The van der Waals surface area contributed by atoms with Gasteiger partial charge in [-0.1, -0.05) is 23.2 Å². The molecule has 0 saturated heterocycles. The van der Waals surface area contributed by atoms with E-state index in [1.807, 2.05) is 0 Å². The second kappa shape index (κ2) is 12.8. The Morgan fingerprint density at radius 1 is 0.939 bits per heavy atom. The number of hydrogen-bond acceptors (Lipinski definition) is 9. The average molecular weight is 501 g/mol. The molecule has 12 heteroatoms. The van der Waals surface area contributed by atoms with Crippen LogP contribution < -0.4 is 11.1 Å². The van der Waals surface area contributed by atoms with E-state index in [1.54, 1.807) is 34.6 Å². The van der Waals surface area contributed by atoms with Crippen molar-refractivity contribution in [3.8, 4) is 0 Å².